The van der Waals surface area contributed by atoms with E-state index in [1.165, 1.54) is 7.11 Å². The Kier molecular flexibility index (Phi) is 6.23. The highest BCUT2D eigenvalue weighted by atomic mass is 16.5. The van der Waals surface area contributed by atoms with Crippen LogP contribution in [0.4, 0.5) is 0 Å². The monoisotopic (exact) mass is 274 g/mol. The topological polar surface area (TPSA) is 52.6 Å². The van der Waals surface area contributed by atoms with E-state index < -0.39 is 0 Å². The van der Waals surface area contributed by atoms with E-state index in [0.29, 0.717) is 17.7 Å². The van der Waals surface area contributed by atoms with Crippen molar-refractivity contribution < 1.29 is 19.1 Å². The van der Waals surface area contributed by atoms with Crippen LogP contribution in [0.15, 0.2) is 42.0 Å². The Morgan fingerprint density at radius 2 is 1.85 bits per heavy atom. The fourth-order valence-electron chi connectivity index (χ4n) is 1.53. The quantitative estimate of drug-likeness (QED) is 0.470. The van der Waals surface area contributed by atoms with Crippen LogP contribution in [-0.4, -0.2) is 25.7 Å². The summed E-state index contributed by atoms with van der Waals surface area (Å²) in [6.45, 7) is 3.88. The third-order valence-corrected chi connectivity index (χ3v) is 2.61. The third kappa shape index (κ3) is 4.39. The number of esters is 2. The Labute approximate surface area is 118 Å². The second kappa shape index (κ2) is 7.94. The zero-order valence-electron chi connectivity index (χ0n) is 11.9. The largest absolute Gasteiger partial charge is 0.465 e. The van der Waals surface area contributed by atoms with Crippen molar-refractivity contribution in [1.82, 2.24) is 0 Å². The lowest BCUT2D eigenvalue weighted by Crippen LogP contribution is -2.05. The van der Waals surface area contributed by atoms with E-state index in [1.807, 2.05) is 0 Å². The first-order valence-electron chi connectivity index (χ1n) is 6.32. The van der Waals surface area contributed by atoms with Crippen molar-refractivity contribution in [2.45, 2.75) is 13.8 Å². The molecule has 4 heteroatoms. The molecule has 0 N–H and O–H groups in total. The van der Waals surface area contributed by atoms with Crippen LogP contribution in [0.5, 0.6) is 0 Å². The molecule has 1 rings (SSSR count). The van der Waals surface area contributed by atoms with E-state index in [1.54, 1.807) is 56.3 Å². The highest BCUT2D eigenvalue weighted by Gasteiger charge is 2.06. The fourth-order valence-corrected chi connectivity index (χ4v) is 1.53. The molecule has 0 bridgehead atoms. The molecule has 1 aromatic carbocycles. The molecular formula is C16H18O4. The number of hydrogen-bond donors (Lipinski definition) is 0. The minimum Gasteiger partial charge on any atom is -0.465 e. The number of rotatable bonds is 5. The molecule has 20 heavy (non-hydrogen) atoms. The van der Waals surface area contributed by atoms with Crippen LogP contribution in [0.25, 0.3) is 6.08 Å². The van der Waals surface area contributed by atoms with Crippen molar-refractivity contribution in [2.75, 3.05) is 13.7 Å². The second-order valence-corrected chi connectivity index (χ2v) is 3.91. The average Bonchev–Trinajstić information content (AvgIpc) is 2.48. The predicted octanol–water partition coefficient (Wildman–Crippen LogP) is 3.00. The van der Waals surface area contributed by atoms with Crippen molar-refractivity contribution >= 4 is 18.0 Å². The zero-order chi connectivity index (χ0) is 15.0. The van der Waals surface area contributed by atoms with Crippen molar-refractivity contribution in [3.63, 3.8) is 0 Å². The zero-order valence-corrected chi connectivity index (χ0v) is 11.9. The summed E-state index contributed by atoms with van der Waals surface area (Å²) in [6.07, 6.45) is 5.16. The van der Waals surface area contributed by atoms with Crippen molar-refractivity contribution in [3.05, 3.63) is 53.1 Å². The van der Waals surface area contributed by atoms with Crippen LogP contribution in [0, 0.1) is 0 Å². The number of allylic oxidation sites excluding steroid dienone is 1. The lowest BCUT2D eigenvalue weighted by atomic mass is 10.1. The summed E-state index contributed by atoms with van der Waals surface area (Å²) in [5.74, 6) is -0.723. The van der Waals surface area contributed by atoms with Crippen molar-refractivity contribution in [3.8, 4) is 0 Å². The van der Waals surface area contributed by atoms with E-state index in [0.717, 1.165) is 5.56 Å². The molecule has 1 aromatic rings. The molecule has 0 aromatic heterocycles. The molecule has 0 radical (unpaired) electrons. The van der Waals surface area contributed by atoms with Gasteiger partial charge in [-0.15, -0.1) is 0 Å². The maximum Gasteiger partial charge on any atom is 0.337 e. The molecule has 0 aliphatic heterocycles. The molecular weight excluding hydrogens is 256 g/mol. The number of benzene rings is 1. The average molecular weight is 274 g/mol. The number of hydrogen-bond acceptors (Lipinski definition) is 4. The minimum atomic E-state index is -0.374. The molecule has 0 aliphatic rings. The van der Waals surface area contributed by atoms with E-state index in [9.17, 15) is 9.59 Å². The van der Waals surface area contributed by atoms with Crippen LogP contribution in [0.3, 0.4) is 0 Å². The van der Waals surface area contributed by atoms with Crippen LogP contribution in [-0.2, 0) is 14.3 Å². The van der Waals surface area contributed by atoms with Gasteiger partial charge in [-0.2, -0.15) is 0 Å². The highest BCUT2D eigenvalue weighted by Crippen LogP contribution is 2.10. The van der Waals surface area contributed by atoms with Crippen LogP contribution in [0.2, 0.25) is 0 Å². The van der Waals surface area contributed by atoms with Gasteiger partial charge in [-0.1, -0.05) is 24.3 Å². The SMILES string of the molecule is C/C=C(\C=C\c1ccc(C(=O)OC)cc1)C(=O)OCC. The van der Waals surface area contributed by atoms with Crippen LogP contribution < -0.4 is 0 Å². The third-order valence-electron chi connectivity index (χ3n) is 2.61. The van der Waals surface area contributed by atoms with E-state index in [2.05, 4.69) is 4.74 Å². The smallest absolute Gasteiger partial charge is 0.337 e. The minimum absolute atomic E-state index is 0.345. The normalized spacial score (nSPS) is 11.4. The van der Waals surface area contributed by atoms with Gasteiger partial charge in [-0.05, 0) is 37.6 Å². The second-order valence-electron chi connectivity index (χ2n) is 3.91. The van der Waals surface area contributed by atoms with Crippen molar-refractivity contribution in [2.24, 2.45) is 0 Å². The Bertz CT molecular complexity index is 524. The molecule has 0 saturated heterocycles. The maximum absolute atomic E-state index is 11.6. The molecule has 0 heterocycles. The number of carbonyl (C=O) groups excluding carboxylic acids is 2. The Balaban J connectivity index is 2.79. The molecule has 0 atom stereocenters. The molecule has 0 aliphatic carbocycles. The standard InChI is InChI=1S/C16H18O4/c1-4-13(16(18)20-5-2)9-6-12-7-10-14(11-8-12)15(17)19-3/h4,6-11H,5H2,1-3H3/b9-6+,13-4+. The molecule has 0 spiro atoms. The van der Waals surface area contributed by atoms with E-state index in [4.69, 9.17) is 4.74 Å². The maximum atomic E-state index is 11.6. The summed E-state index contributed by atoms with van der Waals surface area (Å²) in [5, 5.41) is 0. The molecule has 0 amide bonds. The van der Waals surface area contributed by atoms with Gasteiger partial charge in [0.1, 0.15) is 0 Å². The number of methoxy groups -OCH3 is 1. The summed E-state index contributed by atoms with van der Waals surface area (Å²) in [5.41, 5.74) is 1.85. The number of ether oxygens (including phenoxy) is 2. The van der Waals surface area contributed by atoms with Gasteiger partial charge in [0.25, 0.3) is 0 Å². The van der Waals surface area contributed by atoms with Crippen molar-refractivity contribution in [1.29, 1.82) is 0 Å². The summed E-state index contributed by atoms with van der Waals surface area (Å²) in [6, 6.07) is 6.90. The van der Waals surface area contributed by atoms with Gasteiger partial charge in [-0.25, -0.2) is 9.59 Å². The lowest BCUT2D eigenvalue weighted by molar-refractivity contribution is -0.138. The van der Waals surface area contributed by atoms with Crippen LogP contribution in [0.1, 0.15) is 29.8 Å². The summed E-state index contributed by atoms with van der Waals surface area (Å²) < 4.78 is 9.55. The van der Waals surface area contributed by atoms with E-state index in [-0.39, 0.29) is 11.9 Å². The summed E-state index contributed by atoms with van der Waals surface area (Å²) in [7, 11) is 1.34. The van der Waals surface area contributed by atoms with Gasteiger partial charge in [0.05, 0.1) is 24.9 Å². The van der Waals surface area contributed by atoms with Gasteiger partial charge in [-0.3, -0.25) is 0 Å². The highest BCUT2D eigenvalue weighted by molar-refractivity contribution is 5.93. The number of carbonyl (C=O) groups is 2. The Morgan fingerprint density at radius 1 is 1.20 bits per heavy atom. The first-order valence-corrected chi connectivity index (χ1v) is 6.32. The molecule has 4 nitrogen and oxygen atoms in total. The Morgan fingerprint density at radius 3 is 2.35 bits per heavy atom. The van der Waals surface area contributed by atoms with Gasteiger partial charge < -0.3 is 9.47 Å². The van der Waals surface area contributed by atoms with Gasteiger partial charge in [0.2, 0.25) is 0 Å². The van der Waals surface area contributed by atoms with Gasteiger partial charge in [0.15, 0.2) is 0 Å². The predicted molar refractivity (Wildman–Crippen MR) is 77.2 cm³/mol. The molecule has 106 valence electrons. The first-order chi connectivity index (χ1) is 9.62. The Hall–Kier alpha value is -2.36. The molecule has 0 unspecified atom stereocenters. The van der Waals surface area contributed by atoms with Gasteiger partial charge in [0, 0.05) is 0 Å². The summed E-state index contributed by atoms with van der Waals surface area (Å²) in [4.78, 5) is 22.9. The fraction of sp³-hybridized carbons (Fsp3) is 0.250. The lowest BCUT2D eigenvalue weighted by Gasteiger charge is -2.02. The molecule has 0 saturated carbocycles. The van der Waals surface area contributed by atoms with E-state index >= 15 is 0 Å². The summed E-state index contributed by atoms with van der Waals surface area (Å²) >= 11 is 0. The van der Waals surface area contributed by atoms with Crippen LogP contribution >= 0.6 is 0 Å². The first kappa shape index (κ1) is 15.7. The van der Waals surface area contributed by atoms with Gasteiger partial charge >= 0.3 is 11.9 Å². The molecule has 0 fully saturated rings.